The van der Waals surface area contributed by atoms with Crippen molar-refractivity contribution in [2.45, 2.75) is 0 Å². The molecule has 116 valence electrons. The van der Waals surface area contributed by atoms with Gasteiger partial charge in [0.15, 0.2) is 11.5 Å². The highest BCUT2D eigenvalue weighted by Crippen LogP contribution is 2.19. The lowest BCUT2D eigenvalue weighted by molar-refractivity contribution is 0.0950. The van der Waals surface area contributed by atoms with E-state index in [0.29, 0.717) is 27.1 Å². The molecule has 6 nitrogen and oxygen atoms in total. The maximum absolute atomic E-state index is 12.0. The van der Waals surface area contributed by atoms with Crippen molar-refractivity contribution < 1.29 is 9.21 Å². The summed E-state index contributed by atoms with van der Waals surface area (Å²) < 4.78 is 5.22. The minimum Gasteiger partial charge on any atom is -0.463 e. The first kappa shape index (κ1) is 15.3. The molecule has 0 aliphatic heterocycles. The van der Waals surface area contributed by atoms with Crippen LogP contribution in [0.1, 0.15) is 16.1 Å². The van der Waals surface area contributed by atoms with Crippen LogP contribution in [0.2, 0.25) is 10.0 Å². The van der Waals surface area contributed by atoms with E-state index in [9.17, 15) is 4.79 Å². The molecule has 2 heterocycles. The third kappa shape index (κ3) is 3.61. The van der Waals surface area contributed by atoms with Gasteiger partial charge in [-0.15, -0.1) is 0 Å². The number of hydrogen-bond donors (Lipinski definition) is 2. The lowest BCUT2D eigenvalue weighted by atomic mass is 10.2. The first-order chi connectivity index (χ1) is 11.1. The van der Waals surface area contributed by atoms with Crippen molar-refractivity contribution in [1.29, 1.82) is 0 Å². The molecule has 0 saturated carbocycles. The predicted octanol–water partition coefficient (Wildman–Crippen LogP) is 3.74. The number of carbonyl (C=O) groups is 1. The van der Waals surface area contributed by atoms with Crippen molar-refractivity contribution >= 4 is 35.3 Å². The monoisotopic (exact) mass is 348 g/mol. The number of hydrazone groups is 1. The summed E-state index contributed by atoms with van der Waals surface area (Å²) in [7, 11) is 0. The summed E-state index contributed by atoms with van der Waals surface area (Å²) in [6.07, 6.45) is 2.97. The number of nitrogens with one attached hydrogen (secondary N) is 2. The summed E-state index contributed by atoms with van der Waals surface area (Å²) in [5.74, 6) is 0.133. The number of furan rings is 1. The van der Waals surface area contributed by atoms with Gasteiger partial charge in [0.05, 0.1) is 17.5 Å². The van der Waals surface area contributed by atoms with Crippen molar-refractivity contribution in [3.05, 3.63) is 64.0 Å². The molecule has 2 aromatic heterocycles. The molecule has 0 saturated heterocycles. The van der Waals surface area contributed by atoms with Gasteiger partial charge in [0, 0.05) is 16.7 Å². The van der Waals surface area contributed by atoms with E-state index in [0.717, 1.165) is 0 Å². The van der Waals surface area contributed by atoms with E-state index in [2.05, 4.69) is 20.7 Å². The van der Waals surface area contributed by atoms with Crippen molar-refractivity contribution in [2.24, 2.45) is 5.10 Å². The summed E-state index contributed by atoms with van der Waals surface area (Å²) in [6.45, 7) is 0. The summed E-state index contributed by atoms with van der Waals surface area (Å²) in [6, 6.07) is 10.0. The average Bonchev–Trinajstić information content (AvgIpc) is 3.20. The molecule has 8 heteroatoms. The number of H-pyrrole nitrogens is 1. The second-order valence-corrected chi connectivity index (χ2v) is 5.35. The van der Waals surface area contributed by atoms with Crippen LogP contribution in [0.3, 0.4) is 0 Å². The van der Waals surface area contributed by atoms with Crippen LogP contribution in [0.25, 0.3) is 11.5 Å². The summed E-state index contributed by atoms with van der Waals surface area (Å²) >= 11 is 11.8. The number of amides is 1. The van der Waals surface area contributed by atoms with Gasteiger partial charge in [-0.05, 0) is 24.3 Å². The van der Waals surface area contributed by atoms with E-state index in [4.69, 9.17) is 27.6 Å². The van der Waals surface area contributed by atoms with Crippen LogP contribution in [-0.2, 0) is 0 Å². The van der Waals surface area contributed by atoms with E-state index in [1.165, 1.54) is 12.5 Å². The van der Waals surface area contributed by atoms with Crippen LogP contribution < -0.4 is 5.43 Å². The van der Waals surface area contributed by atoms with Crippen molar-refractivity contribution in [3.63, 3.8) is 0 Å². The second kappa shape index (κ2) is 6.68. The van der Waals surface area contributed by atoms with Crippen molar-refractivity contribution in [2.75, 3.05) is 0 Å². The highest BCUT2D eigenvalue weighted by Gasteiger charge is 2.12. The summed E-state index contributed by atoms with van der Waals surface area (Å²) in [5, 5.41) is 11.5. The van der Waals surface area contributed by atoms with E-state index >= 15 is 0 Å². The third-order valence-corrected chi connectivity index (χ3v) is 3.49. The molecule has 3 aromatic rings. The van der Waals surface area contributed by atoms with Crippen LogP contribution in [-0.4, -0.2) is 22.3 Å². The Bertz CT molecular complexity index is 856. The molecule has 3 rings (SSSR count). The van der Waals surface area contributed by atoms with Gasteiger partial charge in [0.2, 0.25) is 0 Å². The smallest absolute Gasteiger partial charge is 0.291 e. The number of benzene rings is 1. The standard InChI is InChI=1S/C15H10Cl2N4O2/c16-10-4-3-9(11(17)6-10)8-18-21-15(22)13-7-12(19-20-13)14-2-1-5-23-14/h1-8H,(H,19,20)(H,21,22). The van der Waals surface area contributed by atoms with Gasteiger partial charge in [-0.1, -0.05) is 29.3 Å². The van der Waals surface area contributed by atoms with Gasteiger partial charge in [-0.2, -0.15) is 10.2 Å². The van der Waals surface area contributed by atoms with Crippen LogP contribution in [0.15, 0.2) is 52.2 Å². The van der Waals surface area contributed by atoms with Gasteiger partial charge < -0.3 is 4.42 Å². The van der Waals surface area contributed by atoms with E-state index in [1.807, 2.05) is 0 Å². The lowest BCUT2D eigenvalue weighted by Crippen LogP contribution is -2.18. The number of hydrogen-bond acceptors (Lipinski definition) is 4. The van der Waals surface area contributed by atoms with Gasteiger partial charge in [0.25, 0.3) is 5.91 Å². The lowest BCUT2D eigenvalue weighted by Gasteiger charge is -1.98. The first-order valence-electron chi connectivity index (χ1n) is 6.51. The fourth-order valence-electron chi connectivity index (χ4n) is 1.82. The molecule has 23 heavy (non-hydrogen) atoms. The normalized spacial score (nSPS) is 11.0. The Morgan fingerprint density at radius 1 is 1.30 bits per heavy atom. The molecular weight excluding hydrogens is 339 g/mol. The summed E-state index contributed by atoms with van der Waals surface area (Å²) in [4.78, 5) is 12.0. The summed E-state index contributed by atoms with van der Waals surface area (Å²) in [5.41, 5.74) is 3.80. The molecule has 2 N–H and O–H groups in total. The van der Waals surface area contributed by atoms with Gasteiger partial charge in [0.1, 0.15) is 5.69 Å². The van der Waals surface area contributed by atoms with Crippen LogP contribution >= 0.6 is 23.2 Å². The maximum atomic E-state index is 12.0. The quantitative estimate of drug-likeness (QED) is 0.556. The van der Waals surface area contributed by atoms with Crippen LogP contribution in [0.4, 0.5) is 0 Å². The van der Waals surface area contributed by atoms with Crippen molar-refractivity contribution in [3.8, 4) is 11.5 Å². The zero-order chi connectivity index (χ0) is 16.2. The Morgan fingerprint density at radius 3 is 2.91 bits per heavy atom. The molecule has 0 unspecified atom stereocenters. The zero-order valence-corrected chi connectivity index (χ0v) is 13.1. The fourth-order valence-corrected chi connectivity index (χ4v) is 2.28. The number of carbonyl (C=O) groups excluding carboxylic acids is 1. The second-order valence-electron chi connectivity index (χ2n) is 4.51. The Kier molecular flexibility index (Phi) is 4.45. The van der Waals surface area contributed by atoms with Crippen molar-refractivity contribution in [1.82, 2.24) is 15.6 Å². The number of nitrogens with zero attached hydrogens (tertiary/aromatic N) is 2. The maximum Gasteiger partial charge on any atom is 0.291 e. The molecule has 0 aliphatic carbocycles. The molecule has 0 spiro atoms. The molecular formula is C15H10Cl2N4O2. The molecule has 1 aromatic carbocycles. The Hall–Kier alpha value is -2.57. The van der Waals surface area contributed by atoms with E-state index in [-0.39, 0.29) is 5.69 Å². The number of rotatable bonds is 4. The minimum atomic E-state index is -0.458. The third-order valence-electron chi connectivity index (χ3n) is 2.93. The topological polar surface area (TPSA) is 83.3 Å². The Balaban J connectivity index is 1.66. The van der Waals surface area contributed by atoms with E-state index < -0.39 is 5.91 Å². The van der Waals surface area contributed by atoms with Crippen LogP contribution in [0.5, 0.6) is 0 Å². The highest BCUT2D eigenvalue weighted by molar-refractivity contribution is 6.36. The van der Waals surface area contributed by atoms with Gasteiger partial charge in [-0.25, -0.2) is 5.43 Å². The zero-order valence-electron chi connectivity index (χ0n) is 11.6. The fraction of sp³-hybridized carbons (Fsp3) is 0. The highest BCUT2D eigenvalue weighted by atomic mass is 35.5. The Morgan fingerprint density at radius 2 is 2.17 bits per heavy atom. The predicted molar refractivity (Wildman–Crippen MR) is 87.8 cm³/mol. The van der Waals surface area contributed by atoms with E-state index in [1.54, 1.807) is 36.4 Å². The first-order valence-corrected chi connectivity index (χ1v) is 7.27. The van der Waals surface area contributed by atoms with Gasteiger partial charge >= 0.3 is 0 Å². The molecule has 0 atom stereocenters. The Labute approximate surface area is 141 Å². The molecule has 0 bridgehead atoms. The number of aromatic nitrogens is 2. The number of halogens is 2. The largest absolute Gasteiger partial charge is 0.463 e. The van der Waals surface area contributed by atoms with Crippen LogP contribution in [0, 0.1) is 0 Å². The number of aromatic amines is 1. The SMILES string of the molecule is O=C(NN=Cc1ccc(Cl)cc1Cl)c1cc(-c2ccco2)[nH]n1. The molecule has 0 aliphatic rings. The average molecular weight is 349 g/mol. The van der Waals surface area contributed by atoms with Gasteiger partial charge in [-0.3, -0.25) is 9.89 Å². The molecule has 0 radical (unpaired) electrons. The molecule has 1 amide bonds. The molecule has 0 fully saturated rings. The minimum absolute atomic E-state index is 0.191.